The lowest BCUT2D eigenvalue weighted by molar-refractivity contribution is 0.181. The predicted octanol–water partition coefficient (Wildman–Crippen LogP) is 1.54. The van der Waals surface area contributed by atoms with Crippen LogP contribution < -0.4 is 5.32 Å². The van der Waals surface area contributed by atoms with Crippen LogP contribution in [0.5, 0.6) is 0 Å². The lowest BCUT2D eigenvalue weighted by Gasteiger charge is -2.21. The highest BCUT2D eigenvalue weighted by Gasteiger charge is 2.20. The maximum atomic E-state index is 9.08. The summed E-state index contributed by atoms with van der Waals surface area (Å²) in [4.78, 5) is 0. The minimum atomic E-state index is -0.214. The van der Waals surface area contributed by atoms with Crippen molar-refractivity contribution in [1.29, 1.82) is 0 Å². The van der Waals surface area contributed by atoms with E-state index in [4.69, 9.17) is 5.11 Å². The zero-order valence-corrected chi connectivity index (χ0v) is 8.21. The molecule has 0 aliphatic heterocycles. The fraction of sp³-hybridized carbons (Fsp3) is 1.00. The molecule has 1 fully saturated rings. The Morgan fingerprint density at radius 2 is 1.92 bits per heavy atom. The van der Waals surface area contributed by atoms with E-state index in [1.54, 1.807) is 0 Å². The van der Waals surface area contributed by atoms with Crippen LogP contribution in [0.2, 0.25) is 0 Å². The second-order valence-electron chi connectivity index (χ2n) is 4.09. The van der Waals surface area contributed by atoms with Crippen LogP contribution in [0.15, 0.2) is 0 Å². The van der Waals surface area contributed by atoms with Gasteiger partial charge in [0.25, 0.3) is 0 Å². The van der Waals surface area contributed by atoms with Gasteiger partial charge in [-0.1, -0.05) is 12.8 Å². The van der Waals surface area contributed by atoms with Gasteiger partial charge >= 0.3 is 0 Å². The maximum absolute atomic E-state index is 9.08. The van der Waals surface area contributed by atoms with Crippen molar-refractivity contribution in [2.75, 3.05) is 6.54 Å². The highest BCUT2D eigenvalue weighted by molar-refractivity contribution is 4.77. The van der Waals surface area contributed by atoms with Crippen LogP contribution in [-0.2, 0) is 0 Å². The van der Waals surface area contributed by atoms with Gasteiger partial charge in [0.2, 0.25) is 0 Å². The highest BCUT2D eigenvalue weighted by Crippen LogP contribution is 2.27. The van der Waals surface area contributed by atoms with Gasteiger partial charge in [-0.25, -0.2) is 0 Å². The molecule has 2 heteroatoms. The highest BCUT2D eigenvalue weighted by atomic mass is 16.3. The Bertz CT molecular complexity index is 119. The molecule has 0 radical (unpaired) electrons. The molecule has 2 unspecified atom stereocenters. The zero-order chi connectivity index (χ0) is 8.97. The van der Waals surface area contributed by atoms with E-state index in [-0.39, 0.29) is 6.10 Å². The third-order valence-electron chi connectivity index (χ3n) is 2.84. The van der Waals surface area contributed by atoms with Crippen molar-refractivity contribution in [3.8, 4) is 0 Å². The van der Waals surface area contributed by atoms with Crippen LogP contribution >= 0.6 is 0 Å². The van der Waals surface area contributed by atoms with E-state index >= 15 is 0 Å². The molecule has 0 aromatic rings. The quantitative estimate of drug-likeness (QED) is 0.672. The third-order valence-corrected chi connectivity index (χ3v) is 2.84. The van der Waals surface area contributed by atoms with Crippen molar-refractivity contribution in [3.63, 3.8) is 0 Å². The van der Waals surface area contributed by atoms with E-state index in [0.717, 1.165) is 12.5 Å². The van der Waals surface area contributed by atoms with Crippen molar-refractivity contribution in [1.82, 2.24) is 5.32 Å². The number of rotatable bonds is 4. The molecule has 72 valence electrons. The van der Waals surface area contributed by atoms with Gasteiger partial charge in [-0.15, -0.1) is 0 Å². The summed E-state index contributed by atoms with van der Waals surface area (Å²) in [6.45, 7) is 4.80. The number of hydrogen-bond acceptors (Lipinski definition) is 2. The average Bonchev–Trinajstić information content (AvgIpc) is 2.51. The smallest absolute Gasteiger partial charge is 0.0636 e. The van der Waals surface area contributed by atoms with E-state index in [1.165, 1.54) is 25.7 Å². The fourth-order valence-corrected chi connectivity index (χ4v) is 1.98. The summed E-state index contributed by atoms with van der Waals surface area (Å²) in [5.74, 6) is 0.851. The van der Waals surface area contributed by atoms with Crippen molar-refractivity contribution >= 4 is 0 Å². The minimum absolute atomic E-state index is 0.214. The molecule has 0 aromatic carbocycles. The van der Waals surface area contributed by atoms with E-state index in [9.17, 15) is 0 Å². The zero-order valence-electron chi connectivity index (χ0n) is 8.21. The van der Waals surface area contributed by atoms with Gasteiger partial charge in [-0.3, -0.25) is 0 Å². The summed E-state index contributed by atoms with van der Waals surface area (Å²) in [7, 11) is 0. The molecule has 0 aromatic heterocycles. The first kappa shape index (κ1) is 10.0. The third kappa shape index (κ3) is 3.11. The molecule has 1 rings (SSSR count). The number of nitrogens with one attached hydrogen (secondary N) is 1. The predicted molar refractivity (Wildman–Crippen MR) is 51.1 cm³/mol. The van der Waals surface area contributed by atoms with E-state index < -0.39 is 0 Å². The second kappa shape index (κ2) is 4.83. The fourth-order valence-electron chi connectivity index (χ4n) is 1.98. The van der Waals surface area contributed by atoms with Crippen LogP contribution in [0.25, 0.3) is 0 Å². The Kier molecular flexibility index (Phi) is 4.02. The van der Waals surface area contributed by atoms with Crippen molar-refractivity contribution in [2.24, 2.45) is 5.92 Å². The van der Waals surface area contributed by atoms with Crippen LogP contribution in [0, 0.1) is 5.92 Å². The molecule has 0 spiro atoms. The maximum Gasteiger partial charge on any atom is 0.0636 e. The molecular formula is C10H21NO. The molecular weight excluding hydrogens is 150 g/mol. The minimum Gasteiger partial charge on any atom is -0.392 e. The monoisotopic (exact) mass is 171 g/mol. The number of aliphatic hydroxyl groups excluding tert-OH is 1. The molecule has 0 bridgehead atoms. The Morgan fingerprint density at radius 3 is 2.42 bits per heavy atom. The van der Waals surface area contributed by atoms with Gasteiger partial charge < -0.3 is 10.4 Å². The van der Waals surface area contributed by atoms with Gasteiger partial charge in [0.05, 0.1) is 6.10 Å². The van der Waals surface area contributed by atoms with Crippen LogP contribution in [0.3, 0.4) is 0 Å². The van der Waals surface area contributed by atoms with Crippen molar-refractivity contribution < 1.29 is 5.11 Å². The van der Waals surface area contributed by atoms with Crippen LogP contribution in [0.1, 0.15) is 39.5 Å². The summed E-state index contributed by atoms with van der Waals surface area (Å²) >= 11 is 0. The van der Waals surface area contributed by atoms with Gasteiger partial charge in [0.1, 0.15) is 0 Å². The summed E-state index contributed by atoms with van der Waals surface area (Å²) in [6, 6.07) is 0.585. The standard InChI is InChI=1S/C10H21NO/c1-8(12)7-11-9(2)10-5-3-4-6-10/h8-12H,3-7H2,1-2H3. The van der Waals surface area contributed by atoms with E-state index in [2.05, 4.69) is 12.2 Å². The summed E-state index contributed by atoms with van der Waals surface area (Å²) in [5.41, 5.74) is 0. The second-order valence-corrected chi connectivity index (χ2v) is 4.09. The molecule has 12 heavy (non-hydrogen) atoms. The Hall–Kier alpha value is -0.0800. The summed E-state index contributed by atoms with van der Waals surface area (Å²) in [5, 5.41) is 12.5. The summed E-state index contributed by atoms with van der Waals surface area (Å²) in [6.07, 6.45) is 5.31. The van der Waals surface area contributed by atoms with Gasteiger partial charge in [-0.2, -0.15) is 0 Å². The summed E-state index contributed by atoms with van der Waals surface area (Å²) < 4.78 is 0. The van der Waals surface area contributed by atoms with Gasteiger partial charge in [-0.05, 0) is 32.6 Å². The molecule has 0 saturated heterocycles. The van der Waals surface area contributed by atoms with E-state index in [0.29, 0.717) is 6.04 Å². The molecule has 2 atom stereocenters. The molecule has 0 heterocycles. The Morgan fingerprint density at radius 1 is 1.33 bits per heavy atom. The molecule has 2 nitrogen and oxygen atoms in total. The average molecular weight is 171 g/mol. The SMILES string of the molecule is CC(O)CNC(C)C1CCCC1. The topological polar surface area (TPSA) is 32.3 Å². The number of hydrogen-bond donors (Lipinski definition) is 2. The van der Waals surface area contributed by atoms with Gasteiger partial charge in [0.15, 0.2) is 0 Å². The van der Waals surface area contributed by atoms with Gasteiger partial charge in [0, 0.05) is 12.6 Å². The van der Waals surface area contributed by atoms with Crippen LogP contribution in [0.4, 0.5) is 0 Å². The molecule has 1 saturated carbocycles. The lowest BCUT2D eigenvalue weighted by atomic mass is 10.00. The lowest BCUT2D eigenvalue weighted by Crippen LogP contribution is -2.36. The molecule has 1 aliphatic carbocycles. The first-order valence-electron chi connectivity index (χ1n) is 5.11. The van der Waals surface area contributed by atoms with Crippen molar-refractivity contribution in [3.05, 3.63) is 0 Å². The first-order valence-corrected chi connectivity index (χ1v) is 5.11. The number of aliphatic hydroxyl groups is 1. The largest absolute Gasteiger partial charge is 0.392 e. The molecule has 1 aliphatic rings. The van der Waals surface area contributed by atoms with E-state index in [1.807, 2.05) is 6.92 Å². The first-order chi connectivity index (χ1) is 5.70. The Labute approximate surface area is 75.4 Å². The Balaban J connectivity index is 2.13. The van der Waals surface area contributed by atoms with Crippen molar-refractivity contribution in [2.45, 2.75) is 51.7 Å². The van der Waals surface area contributed by atoms with Crippen LogP contribution in [-0.4, -0.2) is 23.8 Å². The molecule has 2 N–H and O–H groups in total. The molecule has 0 amide bonds. The normalized spacial score (nSPS) is 24.2.